The number of esters is 1. The van der Waals surface area contributed by atoms with Gasteiger partial charge in [0.2, 0.25) is 10.0 Å². The third-order valence-corrected chi connectivity index (χ3v) is 6.33. The molecule has 3 aromatic rings. The summed E-state index contributed by atoms with van der Waals surface area (Å²) in [5.74, 6) is -0.402. The number of sulfonamides is 1. The highest BCUT2D eigenvalue weighted by atomic mass is 32.2. The number of carbonyl (C=O) groups is 1. The summed E-state index contributed by atoms with van der Waals surface area (Å²) in [5, 5.41) is 2.44. The number of nitrogens with zero attached hydrogens (tertiary/aromatic N) is 1. The SMILES string of the molecule is CCCS(=O)(=O)Nc1cccc(C(=O)OCc2csc(COc3ccc(F)cc3)n2)c1. The minimum atomic E-state index is -3.45. The van der Waals surface area contributed by atoms with Crippen LogP contribution in [-0.2, 0) is 28.0 Å². The molecule has 0 radical (unpaired) electrons. The molecule has 7 nitrogen and oxygen atoms in total. The summed E-state index contributed by atoms with van der Waals surface area (Å²) in [5.41, 5.74) is 1.10. The fourth-order valence-corrected chi connectivity index (χ4v) is 4.40. The van der Waals surface area contributed by atoms with Gasteiger partial charge in [-0.3, -0.25) is 4.72 Å². The molecule has 10 heteroatoms. The number of hydrogen-bond donors (Lipinski definition) is 1. The molecule has 31 heavy (non-hydrogen) atoms. The second-order valence-corrected chi connectivity index (χ2v) is 9.34. The minimum Gasteiger partial charge on any atom is -0.486 e. The molecule has 0 unspecified atom stereocenters. The van der Waals surface area contributed by atoms with Crippen molar-refractivity contribution < 1.29 is 27.1 Å². The number of anilines is 1. The zero-order valence-electron chi connectivity index (χ0n) is 16.7. The van der Waals surface area contributed by atoms with Gasteiger partial charge in [0.1, 0.15) is 29.8 Å². The van der Waals surface area contributed by atoms with E-state index in [4.69, 9.17) is 9.47 Å². The maximum atomic E-state index is 12.9. The van der Waals surface area contributed by atoms with E-state index in [-0.39, 0.29) is 30.3 Å². The van der Waals surface area contributed by atoms with Crippen LogP contribution in [0.5, 0.6) is 5.75 Å². The first-order valence-electron chi connectivity index (χ1n) is 9.44. The number of carbonyl (C=O) groups excluding carboxylic acids is 1. The second-order valence-electron chi connectivity index (χ2n) is 6.55. The molecule has 0 aliphatic heterocycles. The number of rotatable bonds is 10. The van der Waals surface area contributed by atoms with E-state index in [0.29, 0.717) is 28.6 Å². The Morgan fingerprint density at radius 1 is 1.16 bits per heavy atom. The summed E-state index contributed by atoms with van der Waals surface area (Å²) in [7, 11) is -3.45. The van der Waals surface area contributed by atoms with Crippen molar-refractivity contribution in [3.05, 3.63) is 76.0 Å². The van der Waals surface area contributed by atoms with Crippen LogP contribution in [0.15, 0.2) is 53.9 Å². The van der Waals surface area contributed by atoms with Gasteiger partial charge in [0.25, 0.3) is 0 Å². The molecule has 1 N–H and O–H groups in total. The minimum absolute atomic E-state index is 0.00128. The van der Waals surface area contributed by atoms with Gasteiger partial charge in [0.05, 0.1) is 17.0 Å². The van der Waals surface area contributed by atoms with Gasteiger partial charge in [-0.15, -0.1) is 11.3 Å². The predicted octanol–water partition coefficient (Wildman–Crippen LogP) is 4.37. The molecule has 1 heterocycles. The van der Waals surface area contributed by atoms with Crippen molar-refractivity contribution >= 4 is 33.0 Å². The van der Waals surface area contributed by atoms with Crippen LogP contribution in [0.1, 0.15) is 34.4 Å². The maximum absolute atomic E-state index is 12.9. The monoisotopic (exact) mass is 464 g/mol. The molecule has 1 aromatic heterocycles. The number of thiazole rings is 1. The highest BCUT2D eigenvalue weighted by Crippen LogP contribution is 2.18. The van der Waals surface area contributed by atoms with Crippen LogP contribution in [0.3, 0.4) is 0 Å². The van der Waals surface area contributed by atoms with Gasteiger partial charge in [-0.05, 0) is 48.9 Å². The molecule has 164 valence electrons. The number of nitrogens with one attached hydrogen (secondary N) is 1. The molecule has 0 fully saturated rings. The largest absolute Gasteiger partial charge is 0.486 e. The number of halogens is 1. The molecular formula is C21H21FN2O5S2. The summed E-state index contributed by atoms with van der Waals surface area (Å²) in [6.07, 6.45) is 0.488. The average molecular weight is 465 g/mol. The molecule has 0 saturated heterocycles. The molecular weight excluding hydrogens is 443 g/mol. The van der Waals surface area contributed by atoms with Crippen LogP contribution in [-0.4, -0.2) is 25.1 Å². The molecule has 0 aliphatic rings. The number of benzene rings is 2. The van der Waals surface area contributed by atoms with Crippen molar-refractivity contribution in [1.82, 2.24) is 4.98 Å². The van der Waals surface area contributed by atoms with E-state index in [2.05, 4.69) is 9.71 Å². The van der Waals surface area contributed by atoms with E-state index in [1.807, 2.05) is 0 Å². The average Bonchev–Trinajstić information content (AvgIpc) is 3.19. The van der Waals surface area contributed by atoms with Gasteiger partial charge in [-0.2, -0.15) is 0 Å². The second kappa shape index (κ2) is 10.4. The Balaban J connectivity index is 1.53. The van der Waals surface area contributed by atoms with Gasteiger partial charge in [-0.1, -0.05) is 13.0 Å². The summed E-state index contributed by atoms with van der Waals surface area (Å²) in [4.78, 5) is 16.7. The van der Waals surface area contributed by atoms with Crippen molar-refractivity contribution in [3.63, 3.8) is 0 Å². The lowest BCUT2D eigenvalue weighted by Gasteiger charge is -2.08. The van der Waals surface area contributed by atoms with Crippen LogP contribution < -0.4 is 9.46 Å². The standard InChI is InChI=1S/C21H21FN2O5S2/c1-2-10-31(26,27)24-17-5-3-4-15(11-17)21(25)29-12-18-14-30-20(23-18)13-28-19-8-6-16(22)7-9-19/h3-9,11,14,24H,2,10,12-13H2,1H3. The molecule has 0 saturated carbocycles. The van der Waals surface area contributed by atoms with E-state index in [9.17, 15) is 17.6 Å². The molecule has 0 spiro atoms. The first kappa shape index (κ1) is 22.7. The van der Waals surface area contributed by atoms with Crippen molar-refractivity contribution in [2.45, 2.75) is 26.6 Å². The third-order valence-electron chi connectivity index (χ3n) is 3.97. The first-order chi connectivity index (χ1) is 14.8. The maximum Gasteiger partial charge on any atom is 0.338 e. The van der Waals surface area contributed by atoms with Crippen molar-refractivity contribution in [2.24, 2.45) is 0 Å². The Hall–Kier alpha value is -2.98. The van der Waals surface area contributed by atoms with E-state index in [0.717, 1.165) is 0 Å². The van der Waals surface area contributed by atoms with Crippen molar-refractivity contribution in [3.8, 4) is 5.75 Å². The Labute approximate surface area is 183 Å². The Morgan fingerprint density at radius 2 is 1.94 bits per heavy atom. The van der Waals surface area contributed by atoms with Crippen LogP contribution in [0, 0.1) is 5.82 Å². The quantitative estimate of drug-likeness (QED) is 0.448. The van der Waals surface area contributed by atoms with Gasteiger partial charge in [0.15, 0.2) is 0 Å². The summed E-state index contributed by atoms with van der Waals surface area (Å²) in [6.45, 7) is 1.95. The van der Waals surface area contributed by atoms with Crippen LogP contribution in [0.4, 0.5) is 10.1 Å². The summed E-state index contributed by atoms with van der Waals surface area (Å²) >= 11 is 1.35. The molecule has 0 amide bonds. The zero-order chi connectivity index (χ0) is 22.3. The lowest BCUT2D eigenvalue weighted by molar-refractivity contribution is 0.0468. The van der Waals surface area contributed by atoms with E-state index in [1.54, 1.807) is 30.5 Å². The van der Waals surface area contributed by atoms with Crippen molar-refractivity contribution in [1.29, 1.82) is 0 Å². The van der Waals surface area contributed by atoms with E-state index < -0.39 is 16.0 Å². The van der Waals surface area contributed by atoms with Crippen LogP contribution in [0.25, 0.3) is 0 Å². The smallest absolute Gasteiger partial charge is 0.338 e. The van der Waals surface area contributed by atoms with Gasteiger partial charge in [-0.25, -0.2) is 22.6 Å². The summed E-state index contributed by atoms with van der Waals surface area (Å²) < 4.78 is 50.0. The zero-order valence-corrected chi connectivity index (χ0v) is 18.3. The molecule has 0 aliphatic carbocycles. The van der Waals surface area contributed by atoms with Gasteiger partial charge < -0.3 is 9.47 Å². The lowest BCUT2D eigenvalue weighted by Crippen LogP contribution is -2.16. The fraction of sp³-hybridized carbons (Fsp3) is 0.238. The normalized spacial score (nSPS) is 11.2. The lowest BCUT2D eigenvalue weighted by atomic mass is 10.2. The van der Waals surface area contributed by atoms with Crippen molar-refractivity contribution in [2.75, 3.05) is 10.5 Å². The number of hydrogen-bond acceptors (Lipinski definition) is 7. The molecule has 3 rings (SSSR count). The summed E-state index contributed by atoms with van der Waals surface area (Å²) in [6, 6.07) is 11.8. The molecule has 0 bridgehead atoms. The highest BCUT2D eigenvalue weighted by molar-refractivity contribution is 7.92. The molecule has 0 atom stereocenters. The topological polar surface area (TPSA) is 94.6 Å². The van der Waals surface area contributed by atoms with E-state index >= 15 is 0 Å². The third kappa shape index (κ3) is 7.04. The Morgan fingerprint density at radius 3 is 2.68 bits per heavy atom. The Bertz CT molecular complexity index is 1130. The van der Waals surface area contributed by atoms with Gasteiger partial charge >= 0.3 is 5.97 Å². The fourth-order valence-electron chi connectivity index (χ4n) is 2.59. The van der Waals surface area contributed by atoms with Gasteiger partial charge in [0, 0.05) is 11.1 Å². The molecule has 2 aromatic carbocycles. The van der Waals surface area contributed by atoms with E-state index in [1.165, 1.54) is 41.7 Å². The van der Waals surface area contributed by atoms with Crippen LogP contribution in [0.2, 0.25) is 0 Å². The Kier molecular flexibility index (Phi) is 7.59. The number of aromatic nitrogens is 1. The first-order valence-corrected chi connectivity index (χ1v) is 12.0. The predicted molar refractivity (Wildman–Crippen MR) is 116 cm³/mol. The highest BCUT2D eigenvalue weighted by Gasteiger charge is 2.13. The van der Waals surface area contributed by atoms with Crippen LogP contribution >= 0.6 is 11.3 Å². The number of ether oxygens (including phenoxy) is 2.